The number of rotatable bonds is 4. The maximum absolute atomic E-state index is 13.1. The first kappa shape index (κ1) is 13.5. The van der Waals surface area contributed by atoms with Gasteiger partial charge in [-0.1, -0.05) is 6.07 Å². The lowest BCUT2D eigenvalue weighted by molar-refractivity contribution is -0.144. The fourth-order valence-corrected chi connectivity index (χ4v) is 2.14. The second-order valence-electron chi connectivity index (χ2n) is 4.71. The van der Waals surface area contributed by atoms with E-state index in [2.05, 4.69) is 0 Å². The number of carboxylic acids is 1. The number of hydrogen-bond donors (Lipinski definition) is 1. The summed E-state index contributed by atoms with van der Waals surface area (Å²) in [4.78, 5) is 23.5. The Kier molecular flexibility index (Phi) is 3.50. The van der Waals surface area contributed by atoms with Gasteiger partial charge in [-0.25, -0.2) is 8.78 Å². The van der Waals surface area contributed by atoms with Crippen molar-refractivity contribution in [3.05, 3.63) is 35.4 Å². The van der Waals surface area contributed by atoms with Crippen LogP contribution >= 0.6 is 0 Å². The van der Waals surface area contributed by atoms with Crippen LogP contribution in [0.15, 0.2) is 18.2 Å². The van der Waals surface area contributed by atoms with Gasteiger partial charge < -0.3 is 10.0 Å². The molecule has 1 aromatic rings. The van der Waals surface area contributed by atoms with Crippen molar-refractivity contribution in [2.24, 2.45) is 5.92 Å². The molecule has 0 aromatic heterocycles. The zero-order valence-corrected chi connectivity index (χ0v) is 10.3. The molecule has 0 bridgehead atoms. The standard InChI is InChI=1S/C13H13F2NO3/c1-16(6-12(17)18)13(19)9-5-8(9)7-2-3-10(14)11(15)4-7/h2-4,8-9H,5-6H2,1H3,(H,17,18). The van der Waals surface area contributed by atoms with Gasteiger partial charge in [0, 0.05) is 13.0 Å². The van der Waals surface area contributed by atoms with Crippen molar-refractivity contribution in [1.82, 2.24) is 4.90 Å². The molecule has 1 aliphatic rings. The third-order valence-corrected chi connectivity index (χ3v) is 3.23. The quantitative estimate of drug-likeness (QED) is 0.903. The topological polar surface area (TPSA) is 57.6 Å². The van der Waals surface area contributed by atoms with E-state index in [0.717, 1.165) is 17.0 Å². The van der Waals surface area contributed by atoms with Crippen LogP contribution in [0.25, 0.3) is 0 Å². The maximum Gasteiger partial charge on any atom is 0.323 e. The van der Waals surface area contributed by atoms with Crippen LogP contribution in [0, 0.1) is 17.6 Å². The van der Waals surface area contributed by atoms with Crippen molar-refractivity contribution in [1.29, 1.82) is 0 Å². The molecule has 4 nitrogen and oxygen atoms in total. The SMILES string of the molecule is CN(CC(=O)O)C(=O)C1CC1c1ccc(F)c(F)c1. The molecule has 1 aliphatic carbocycles. The number of hydrogen-bond acceptors (Lipinski definition) is 2. The highest BCUT2D eigenvalue weighted by Gasteiger charge is 2.45. The molecule has 0 aliphatic heterocycles. The monoisotopic (exact) mass is 269 g/mol. The predicted octanol–water partition coefficient (Wildman–Crippen LogP) is 1.61. The summed E-state index contributed by atoms with van der Waals surface area (Å²) in [5.74, 6) is -3.71. The number of halogens is 2. The average Bonchev–Trinajstić information content (AvgIpc) is 3.11. The summed E-state index contributed by atoms with van der Waals surface area (Å²) in [7, 11) is 1.41. The number of carbonyl (C=O) groups is 2. The van der Waals surface area contributed by atoms with E-state index in [1.165, 1.54) is 13.1 Å². The zero-order valence-electron chi connectivity index (χ0n) is 10.3. The van der Waals surface area contributed by atoms with Crippen molar-refractivity contribution in [3.8, 4) is 0 Å². The number of aliphatic carboxylic acids is 1. The molecule has 6 heteroatoms. The summed E-state index contributed by atoms with van der Waals surface area (Å²) < 4.78 is 25.9. The molecule has 1 N–H and O–H groups in total. The summed E-state index contributed by atoms with van der Waals surface area (Å²) in [5.41, 5.74) is 0.570. The van der Waals surface area contributed by atoms with Crippen LogP contribution in [0.2, 0.25) is 0 Å². The van der Waals surface area contributed by atoms with Crippen LogP contribution in [0.3, 0.4) is 0 Å². The van der Waals surface area contributed by atoms with Crippen molar-refractivity contribution >= 4 is 11.9 Å². The summed E-state index contributed by atoms with van der Waals surface area (Å²) >= 11 is 0. The molecule has 102 valence electrons. The highest BCUT2D eigenvalue weighted by Crippen LogP contribution is 2.48. The molecule has 2 unspecified atom stereocenters. The van der Waals surface area contributed by atoms with Crippen LogP contribution in [0.5, 0.6) is 0 Å². The van der Waals surface area contributed by atoms with Crippen LogP contribution in [-0.2, 0) is 9.59 Å². The van der Waals surface area contributed by atoms with Gasteiger partial charge in [-0.05, 0) is 30.0 Å². The van der Waals surface area contributed by atoms with Gasteiger partial charge in [0.15, 0.2) is 11.6 Å². The van der Waals surface area contributed by atoms with Crippen LogP contribution in [0.4, 0.5) is 8.78 Å². The van der Waals surface area contributed by atoms with Crippen LogP contribution < -0.4 is 0 Å². The Labute approximate surface area is 108 Å². The lowest BCUT2D eigenvalue weighted by Crippen LogP contribution is -2.33. The number of nitrogens with zero attached hydrogens (tertiary/aromatic N) is 1. The van der Waals surface area contributed by atoms with Gasteiger partial charge in [0.05, 0.1) is 0 Å². The summed E-state index contributed by atoms with van der Waals surface area (Å²) in [6.45, 7) is -0.361. The molecule has 19 heavy (non-hydrogen) atoms. The second-order valence-corrected chi connectivity index (χ2v) is 4.71. The number of amides is 1. The molecule has 0 heterocycles. The first-order valence-corrected chi connectivity index (χ1v) is 5.82. The third-order valence-electron chi connectivity index (χ3n) is 3.23. The van der Waals surface area contributed by atoms with Crippen LogP contribution in [0.1, 0.15) is 17.9 Å². The zero-order chi connectivity index (χ0) is 14.2. The van der Waals surface area contributed by atoms with E-state index in [4.69, 9.17) is 5.11 Å². The van der Waals surface area contributed by atoms with Gasteiger partial charge in [0.2, 0.25) is 5.91 Å². The molecule has 0 saturated heterocycles. The van der Waals surface area contributed by atoms with Crippen LogP contribution in [-0.4, -0.2) is 35.5 Å². The number of likely N-dealkylation sites (N-methyl/N-ethyl adjacent to an activating group) is 1. The molecule has 1 fully saturated rings. The minimum absolute atomic E-state index is 0.154. The van der Waals surface area contributed by atoms with Gasteiger partial charge in [0.1, 0.15) is 6.54 Å². The highest BCUT2D eigenvalue weighted by atomic mass is 19.2. The van der Waals surface area contributed by atoms with Gasteiger partial charge >= 0.3 is 5.97 Å². The molecule has 1 saturated carbocycles. The molecule has 0 spiro atoms. The Hall–Kier alpha value is -1.98. The van der Waals surface area contributed by atoms with Crippen molar-refractivity contribution < 1.29 is 23.5 Å². The Morgan fingerprint density at radius 3 is 2.63 bits per heavy atom. The lowest BCUT2D eigenvalue weighted by atomic mass is 10.1. The first-order chi connectivity index (χ1) is 8.90. The smallest absolute Gasteiger partial charge is 0.323 e. The van der Waals surface area contributed by atoms with Crippen molar-refractivity contribution in [2.75, 3.05) is 13.6 Å². The van der Waals surface area contributed by atoms with Gasteiger partial charge in [-0.2, -0.15) is 0 Å². The number of carboxylic acid groups (broad SMARTS) is 1. The molecular formula is C13H13F2NO3. The van der Waals surface area contributed by atoms with E-state index in [0.29, 0.717) is 12.0 Å². The Morgan fingerprint density at radius 2 is 2.05 bits per heavy atom. The largest absolute Gasteiger partial charge is 0.480 e. The molecule has 2 rings (SSSR count). The molecule has 1 amide bonds. The van der Waals surface area contributed by atoms with E-state index in [1.54, 1.807) is 0 Å². The number of carbonyl (C=O) groups excluding carboxylic acids is 1. The number of benzene rings is 1. The second kappa shape index (κ2) is 4.95. The first-order valence-electron chi connectivity index (χ1n) is 5.82. The van der Waals surface area contributed by atoms with E-state index in [-0.39, 0.29) is 24.3 Å². The van der Waals surface area contributed by atoms with E-state index in [1.807, 2.05) is 0 Å². The fourth-order valence-electron chi connectivity index (χ4n) is 2.14. The molecule has 1 aromatic carbocycles. The van der Waals surface area contributed by atoms with E-state index >= 15 is 0 Å². The summed E-state index contributed by atoms with van der Waals surface area (Å²) in [6.07, 6.45) is 0.536. The summed E-state index contributed by atoms with van der Waals surface area (Å²) in [5, 5.41) is 8.60. The average molecular weight is 269 g/mol. The fraction of sp³-hybridized carbons (Fsp3) is 0.385. The molecule has 0 radical (unpaired) electrons. The van der Waals surface area contributed by atoms with Crippen molar-refractivity contribution in [2.45, 2.75) is 12.3 Å². The molecule has 2 atom stereocenters. The van der Waals surface area contributed by atoms with E-state index < -0.39 is 17.6 Å². The van der Waals surface area contributed by atoms with Gasteiger partial charge in [-0.3, -0.25) is 9.59 Å². The molecular weight excluding hydrogens is 256 g/mol. The Bertz CT molecular complexity index is 533. The minimum Gasteiger partial charge on any atom is -0.480 e. The van der Waals surface area contributed by atoms with E-state index in [9.17, 15) is 18.4 Å². The maximum atomic E-state index is 13.1. The Balaban J connectivity index is 2.02. The normalized spacial score (nSPS) is 21.0. The Morgan fingerprint density at radius 1 is 1.37 bits per heavy atom. The lowest BCUT2D eigenvalue weighted by Gasteiger charge is -2.14. The van der Waals surface area contributed by atoms with Gasteiger partial charge in [-0.15, -0.1) is 0 Å². The highest BCUT2D eigenvalue weighted by molar-refractivity contribution is 5.85. The van der Waals surface area contributed by atoms with Crippen molar-refractivity contribution in [3.63, 3.8) is 0 Å². The summed E-state index contributed by atoms with van der Waals surface area (Å²) in [6, 6.07) is 3.57. The predicted molar refractivity (Wildman–Crippen MR) is 62.5 cm³/mol. The third kappa shape index (κ3) is 2.89. The minimum atomic E-state index is -1.08. The van der Waals surface area contributed by atoms with Gasteiger partial charge in [0.25, 0.3) is 0 Å².